The Morgan fingerprint density at radius 1 is 1.36 bits per heavy atom. The van der Waals surface area contributed by atoms with Gasteiger partial charge < -0.3 is 15.7 Å². The molecule has 1 aliphatic carbocycles. The van der Waals surface area contributed by atoms with Crippen LogP contribution >= 0.6 is 0 Å². The molecule has 0 radical (unpaired) electrons. The summed E-state index contributed by atoms with van der Waals surface area (Å²) in [6.07, 6.45) is 1.35. The van der Waals surface area contributed by atoms with Gasteiger partial charge in [0.1, 0.15) is 11.6 Å². The lowest BCUT2D eigenvalue weighted by Crippen LogP contribution is -2.56. The van der Waals surface area contributed by atoms with Gasteiger partial charge in [-0.2, -0.15) is 0 Å². The van der Waals surface area contributed by atoms with E-state index in [2.05, 4.69) is 10.6 Å². The minimum Gasteiger partial charge on any atom is -0.480 e. The molecule has 1 aromatic rings. The zero-order valence-electron chi connectivity index (χ0n) is 14.3. The van der Waals surface area contributed by atoms with Crippen molar-refractivity contribution < 1.29 is 23.5 Å². The third-order valence-corrected chi connectivity index (χ3v) is 4.49. The van der Waals surface area contributed by atoms with E-state index in [0.29, 0.717) is 19.4 Å². The van der Waals surface area contributed by atoms with Crippen LogP contribution in [0.5, 0.6) is 0 Å². The van der Waals surface area contributed by atoms with Crippen LogP contribution in [-0.2, 0) is 4.79 Å². The Morgan fingerprint density at radius 2 is 2.04 bits per heavy atom. The number of benzene rings is 1. The van der Waals surface area contributed by atoms with Crippen molar-refractivity contribution in [2.75, 3.05) is 13.1 Å². The Kier molecular flexibility index (Phi) is 6.30. The summed E-state index contributed by atoms with van der Waals surface area (Å²) in [7, 11) is 0. The molecule has 1 saturated carbocycles. The molecule has 1 fully saturated rings. The van der Waals surface area contributed by atoms with Crippen molar-refractivity contribution in [2.24, 2.45) is 0 Å². The Morgan fingerprint density at radius 3 is 2.60 bits per heavy atom. The first-order valence-electron chi connectivity index (χ1n) is 8.28. The molecule has 1 unspecified atom stereocenters. The van der Waals surface area contributed by atoms with Gasteiger partial charge >= 0.3 is 12.0 Å². The maximum absolute atomic E-state index is 13.7. The van der Waals surface area contributed by atoms with Gasteiger partial charge in [-0.15, -0.1) is 0 Å². The minimum absolute atomic E-state index is 0.0129. The number of nitrogens with zero attached hydrogens (tertiary/aromatic N) is 1. The van der Waals surface area contributed by atoms with E-state index < -0.39 is 29.7 Å². The van der Waals surface area contributed by atoms with Crippen LogP contribution in [0.25, 0.3) is 0 Å². The molecule has 1 atom stereocenters. The summed E-state index contributed by atoms with van der Waals surface area (Å²) < 4.78 is 26.6. The number of carboxylic acid groups (broad SMARTS) is 1. The first kappa shape index (κ1) is 19.1. The summed E-state index contributed by atoms with van der Waals surface area (Å²) in [6, 6.07) is 2.30. The molecular formula is C17H23F2N3O3. The quantitative estimate of drug-likeness (QED) is 0.701. The van der Waals surface area contributed by atoms with Gasteiger partial charge in [-0.3, -0.25) is 9.69 Å². The van der Waals surface area contributed by atoms with Crippen LogP contribution in [0.15, 0.2) is 18.2 Å². The van der Waals surface area contributed by atoms with E-state index >= 15 is 0 Å². The second-order valence-electron chi connectivity index (χ2n) is 6.28. The third-order valence-electron chi connectivity index (χ3n) is 4.49. The standard InChI is InChI=1S/C17H23F2N3O3/c1-3-22(9-16(23)24)13-7-12(8-13)21-17(25)20-10(2)14-5-4-11(18)6-15(14)19/h4-6,10,12-13H,3,7-9H2,1-2H3,(H,23,24)(H2,20,21,25). The number of likely N-dealkylation sites (N-methyl/N-ethyl adjacent to an activating group) is 1. The summed E-state index contributed by atoms with van der Waals surface area (Å²) in [6.45, 7) is 4.14. The van der Waals surface area contributed by atoms with Crippen molar-refractivity contribution >= 4 is 12.0 Å². The molecule has 1 aliphatic rings. The number of nitrogens with one attached hydrogen (secondary N) is 2. The van der Waals surface area contributed by atoms with Crippen LogP contribution in [0.3, 0.4) is 0 Å². The summed E-state index contributed by atoms with van der Waals surface area (Å²) in [4.78, 5) is 24.7. The second kappa shape index (κ2) is 8.24. The summed E-state index contributed by atoms with van der Waals surface area (Å²) >= 11 is 0. The fraction of sp³-hybridized carbons (Fsp3) is 0.529. The normalized spacial score (nSPS) is 20.7. The fourth-order valence-corrected chi connectivity index (χ4v) is 3.03. The molecule has 0 spiro atoms. The smallest absolute Gasteiger partial charge is 0.317 e. The Bertz CT molecular complexity index is 636. The van der Waals surface area contributed by atoms with Gasteiger partial charge in [-0.1, -0.05) is 13.0 Å². The molecular weight excluding hydrogens is 332 g/mol. The van der Waals surface area contributed by atoms with E-state index in [-0.39, 0.29) is 24.2 Å². The average Bonchev–Trinajstić information content (AvgIpc) is 2.48. The molecule has 138 valence electrons. The number of aliphatic carboxylic acids is 1. The van der Waals surface area contributed by atoms with Gasteiger partial charge in [-0.05, 0) is 32.4 Å². The Balaban J connectivity index is 1.79. The van der Waals surface area contributed by atoms with Crippen LogP contribution < -0.4 is 10.6 Å². The molecule has 0 bridgehead atoms. The molecule has 0 saturated heterocycles. The largest absolute Gasteiger partial charge is 0.480 e. The van der Waals surface area contributed by atoms with Gasteiger partial charge in [0.15, 0.2) is 0 Å². The molecule has 0 heterocycles. The lowest BCUT2D eigenvalue weighted by Gasteiger charge is -2.42. The van der Waals surface area contributed by atoms with Crippen molar-refractivity contribution in [2.45, 2.75) is 44.8 Å². The highest BCUT2D eigenvalue weighted by Crippen LogP contribution is 2.25. The van der Waals surface area contributed by atoms with Crippen LogP contribution in [-0.4, -0.2) is 47.2 Å². The maximum Gasteiger partial charge on any atom is 0.317 e. The Hall–Kier alpha value is -2.22. The number of rotatable bonds is 7. The van der Waals surface area contributed by atoms with E-state index in [1.54, 1.807) is 6.92 Å². The highest BCUT2D eigenvalue weighted by Gasteiger charge is 2.34. The molecule has 2 amide bonds. The first-order valence-corrected chi connectivity index (χ1v) is 8.28. The van der Waals surface area contributed by atoms with E-state index in [0.717, 1.165) is 12.1 Å². The van der Waals surface area contributed by atoms with Crippen LogP contribution in [0, 0.1) is 11.6 Å². The van der Waals surface area contributed by atoms with Crippen molar-refractivity contribution in [3.8, 4) is 0 Å². The summed E-state index contributed by atoms with van der Waals surface area (Å²) in [5.74, 6) is -2.24. The lowest BCUT2D eigenvalue weighted by atomic mass is 9.85. The van der Waals surface area contributed by atoms with Crippen molar-refractivity contribution in [3.05, 3.63) is 35.4 Å². The lowest BCUT2D eigenvalue weighted by molar-refractivity contribution is -0.139. The monoisotopic (exact) mass is 355 g/mol. The van der Waals surface area contributed by atoms with Crippen molar-refractivity contribution in [1.29, 1.82) is 0 Å². The molecule has 0 aromatic heterocycles. The number of amides is 2. The summed E-state index contributed by atoms with van der Waals surface area (Å²) in [5, 5.41) is 14.3. The molecule has 3 N–H and O–H groups in total. The molecule has 6 nitrogen and oxygen atoms in total. The highest BCUT2D eigenvalue weighted by atomic mass is 19.1. The number of carbonyl (C=O) groups excluding carboxylic acids is 1. The van der Waals surface area contributed by atoms with E-state index in [4.69, 9.17) is 5.11 Å². The van der Waals surface area contributed by atoms with Crippen LogP contribution in [0.2, 0.25) is 0 Å². The van der Waals surface area contributed by atoms with Gasteiger partial charge in [-0.25, -0.2) is 13.6 Å². The van der Waals surface area contributed by atoms with Gasteiger partial charge in [0, 0.05) is 23.7 Å². The molecule has 0 aliphatic heterocycles. The van der Waals surface area contributed by atoms with Crippen LogP contribution in [0.4, 0.5) is 13.6 Å². The zero-order chi connectivity index (χ0) is 18.6. The number of carbonyl (C=O) groups is 2. The van der Waals surface area contributed by atoms with E-state index in [1.165, 1.54) is 6.07 Å². The first-order chi connectivity index (χ1) is 11.8. The predicted octanol–water partition coefficient (Wildman–Crippen LogP) is 2.26. The number of urea groups is 1. The van der Waals surface area contributed by atoms with Crippen molar-refractivity contribution in [3.63, 3.8) is 0 Å². The minimum atomic E-state index is -0.869. The van der Waals surface area contributed by atoms with Gasteiger partial charge in [0.05, 0.1) is 12.6 Å². The van der Waals surface area contributed by atoms with Crippen molar-refractivity contribution in [1.82, 2.24) is 15.5 Å². The second-order valence-corrected chi connectivity index (χ2v) is 6.28. The zero-order valence-corrected chi connectivity index (χ0v) is 14.3. The van der Waals surface area contributed by atoms with Gasteiger partial charge in [0.25, 0.3) is 0 Å². The molecule has 1 aromatic carbocycles. The molecule has 8 heteroatoms. The molecule has 25 heavy (non-hydrogen) atoms. The Labute approximate surface area is 145 Å². The SMILES string of the molecule is CCN(CC(=O)O)C1CC(NC(=O)NC(C)c2ccc(F)cc2F)C1. The molecule has 2 rings (SSSR count). The average molecular weight is 355 g/mol. The topological polar surface area (TPSA) is 81.7 Å². The highest BCUT2D eigenvalue weighted by molar-refractivity contribution is 5.75. The predicted molar refractivity (Wildman–Crippen MR) is 88.1 cm³/mol. The number of halogens is 2. The maximum atomic E-state index is 13.7. The fourth-order valence-electron chi connectivity index (χ4n) is 3.03. The summed E-state index contributed by atoms with van der Waals surface area (Å²) in [5.41, 5.74) is 0.210. The van der Waals surface area contributed by atoms with E-state index in [9.17, 15) is 18.4 Å². The number of carboxylic acids is 1. The third kappa shape index (κ3) is 5.12. The van der Waals surface area contributed by atoms with Crippen LogP contribution in [0.1, 0.15) is 38.3 Å². The number of hydrogen-bond donors (Lipinski definition) is 3. The van der Waals surface area contributed by atoms with E-state index in [1.807, 2.05) is 11.8 Å². The number of hydrogen-bond acceptors (Lipinski definition) is 3. The van der Waals surface area contributed by atoms with Gasteiger partial charge in [0.2, 0.25) is 0 Å².